The summed E-state index contributed by atoms with van der Waals surface area (Å²) in [5.74, 6) is -0.262. The molecule has 0 aliphatic rings. The number of rotatable bonds is 18. The van der Waals surface area contributed by atoms with Crippen LogP contribution in [0.4, 0.5) is 34.9 Å². The Labute approximate surface area is 420 Å². The Kier molecular flexibility index (Phi) is 26.0. The van der Waals surface area contributed by atoms with Crippen molar-refractivity contribution in [3.63, 3.8) is 0 Å². The summed E-state index contributed by atoms with van der Waals surface area (Å²) in [6, 6.07) is 24.8. The standard InChI is InChI=1S/C11H10N2O2.C9H14N2O4.C7H9N3O3.C6H8N2O3.C6H8N2O2.C5H7N3O2/c14-13(15)11-7-4-8-12(11)9-10-5-2-1-3-6-10;1-2-15-7-8(12)6-10-5-3-4-9(10)11(13)14;1-8-6(11)5-9-4-2-3-7(9)10(12)13;1-5-2-3-6(8(10)11)7(5)4-9;1-2-7-5-3-4-6(7)8(9)10;1-2-7-3-5(6-4-7)8(9)10/h1-8H,9H2;3-5,8,12H,2,6-7H2,1H3;2-4H,5H2,1H3,(H,8,11);2-3,9H,4H2,1H3;3-5H,2H2,1H3;3-4H,2H2,1H3. The molecule has 30 nitrogen and oxygen atoms in total. The second-order valence-corrected chi connectivity index (χ2v) is 14.6. The molecule has 0 aliphatic carbocycles. The lowest BCUT2D eigenvalue weighted by Gasteiger charge is -2.09. The monoisotopic (exact) mass is 1040 g/mol. The molecular weight excluding hydrogens is 981 g/mol. The Morgan fingerprint density at radius 1 is 0.635 bits per heavy atom. The summed E-state index contributed by atoms with van der Waals surface area (Å²) in [5.41, 5.74) is 1.73. The lowest BCUT2D eigenvalue weighted by atomic mass is 10.2. The fraction of sp³-hybridized carbons (Fsp3) is 0.318. The van der Waals surface area contributed by atoms with Crippen molar-refractivity contribution in [1.82, 2.24) is 37.7 Å². The van der Waals surface area contributed by atoms with Crippen LogP contribution in [-0.2, 0) is 49.0 Å². The van der Waals surface area contributed by atoms with E-state index < -0.39 is 25.8 Å². The molecular formula is C44H56N14O16. The molecule has 0 bridgehead atoms. The first-order valence-corrected chi connectivity index (χ1v) is 22.0. The Morgan fingerprint density at radius 3 is 1.54 bits per heavy atom. The zero-order valence-electron chi connectivity index (χ0n) is 40.8. The second-order valence-electron chi connectivity index (χ2n) is 14.6. The molecule has 7 aromatic rings. The summed E-state index contributed by atoms with van der Waals surface area (Å²) < 4.78 is 13.8. The number of nitrogens with zero attached hydrogens (tertiary/aromatic N) is 13. The van der Waals surface area contributed by atoms with Gasteiger partial charge in [-0.05, 0) is 98.1 Å². The number of benzene rings is 1. The zero-order chi connectivity index (χ0) is 55.3. The maximum atomic E-state index is 10.9. The molecule has 1 amide bonds. The molecule has 0 saturated carbocycles. The van der Waals surface area contributed by atoms with Gasteiger partial charge in [-0.1, -0.05) is 30.3 Å². The van der Waals surface area contributed by atoms with Crippen LogP contribution >= 0.6 is 0 Å². The molecule has 1 atom stereocenters. The summed E-state index contributed by atoms with van der Waals surface area (Å²) in [7, 11) is 1.48. The maximum absolute atomic E-state index is 10.9. The SMILES string of the molecule is CCOCC(O)Cn1cccc1[N+](=O)[O-].CCn1cccc1[N+](=O)[O-].CCn1cnc([N+](=O)[O-])c1.CNC(=O)Cn1cccc1[N+](=O)[O-].Cc1ccc([N+](=O)[O-])n1CO.O=[N+]([O-])c1cccn1Cc1ccccc1. The molecule has 6 aromatic heterocycles. The number of carbonyl (C=O) groups is 1. The quantitative estimate of drug-likeness (QED) is 0.0630. The lowest BCUT2D eigenvalue weighted by molar-refractivity contribution is -0.393. The average Bonchev–Trinajstić information content (AvgIpc) is 4.24. The Bertz CT molecular complexity index is 2860. The largest absolute Gasteiger partial charge is 0.387 e. The molecule has 3 N–H and O–H groups in total. The zero-order valence-corrected chi connectivity index (χ0v) is 40.8. The summed E-state index contributed by atoms with van der Waals surface area (Å²) in [5, 5.41) is 82.7. The lowest BCUT2D eigenvalue weighted by Crippen LogP contribution is -2.23. The third-order valence-corrected chi connectivity index (χ3v) is 9.70. The number of aliphatic hydroxyl groups is 2. The average molecular weight is 1040 g/mol. The van der Waals surface area contributed by atoms with Gasteiger partial charge in [-0.3, -0.25) is 4.79 Å². The molecule has 0 radical (unpaired) electrons. The van der Waals surface area contributed by atoms with E-state index >= 15 is 0 Å². The molecule has 398 valence electrons. The molecule has 74 heavy (non-hydrogen) atoms. The van der Waals surface area contributed by atoms with Gasteiger partial charge in [0.15, 0.2) is 13.3 Å². The number of aliphatic hydroxyl groups excluding tert-OH is 2. The van der Waals surface area contributed by atoms with Crippen LogP contribution in [-0.4, -0.2) is 104 Å². The number of likely N-dealkylation sites (N-methyl/N-ethyl adjacent to an activating group) is 1. The van der Waals surface area contributed by atoms with Crippen LogP contribution in [0.3, 0.4) is 0 Å². The van der Waals surface area contributed by atoms with Crippen LogP contribution in [0.5, 0.6) is 0 Å². The number of aryl methyl sites for hydroxylation is 3. The fourth-order valence-corrected chi connectivity index (χ4v) is 6.03. The van der Waals surface area contributed by atoms with Crippen LogP contribution in [0, 0.1) is 67.6 Å². The first-order valence-electron chi connectivity index (χ1n) is 22.0. The van der Waals surface area contributed by atoms with Crippen molar-refractivity contribution in [2.45, 2.75) is 73.3 Å². The van der Waals surface area contributed by atoms with Crippen molar-refractivity contribution >= 4 is 40.8 Å². The van der Waals surface area contributed by atoms with Gasteiger partial charge in [-0.2, -0.15) is 0 Å². The highest BCUT2D eigenvalue weighted by Gasteiger charge is 2.17. The number of nitrogens with one attached hydrogen (secondary N) is 1. The van der Waals surface area contributed by atoms with Crippen LogP contribution in [0.15, 0.2) is 128 Å². The Hall–Kier alpha value is -9.42. The second kappa shape index (κ2) is 31.7. The highest BCUT2D eigenvalue weighted by Crippen LogP contribution is 2.17. The van der Waals surface area contributed by atoms with Crippen molar-refractivity contribution in [1.29, 1.82) is 0 Å². The molecule has 6 heterocycles. The molecule has 1 unspecified atom stereocenters. The van der Waals surface area contributed by atoms with Gasteiger partial charge in [-0.25, -0.2) is 22.8 Å². The van der Waals surface area contributed by atoms with Crippen LogP contribution in [0.2, 0.25) is 0 Å². The van der Waals surface area contributed by atoms with E-state index in [1.54, 1.807) is 63.5 Å². The van der Waals surface area contributed by atoms with Crippen LogP contribution in [0.25, 0.3) is 0 Å². The third-order valence-electron chi connectivity index (χ3n) is 9.70. The van der Waals surface area contributed by atoms with Gasteiger partial charge in [0.05, 0.1) is 37.9 Å². The first kappa shape index (κ1) is 60.7. The number of aromatic nitrogens is 7. The fourth-order valence-electron chi connectivity index (χ4n) is 6.03. The van der Waals surface area contributed by atoms with Crippen molar-refractivity contribution in [2.24, 2.45) is 0 Å². The smallest absolute Gasteiger partial charge is 0.381 e. The minimum atomic E-state index is -0.726. The van der Waals surface area contributed by atoms with Crippen molar-refractivity contribution < 1.29 is 49.3 Å². The number of amides is 1. The molecule has 0 spiro atoms. The number of carbonyl (C=O) groups excluding carboxylic acids is 1. The van der Waals surface area contributed by atoms with Crippen molar-refractivity contribution in [2.75, 3.05) is 20.3 Å². The van der Waals surface area contributed by atoms with Gasteiger partial charge < -0.3 is 85.5 Å². The van der Waals surface area contributed by atoms with Gasteiger partial charge in [0.2, 0.25) is 6.33 Å². The summed E-state index contributed by atoms with van der Waals surface area (Å²) >= 11 is 0. The third kappa shape index (κ3) is 20.1. The summed E-state index contributed by atoms with van der Waals surface area (Å²) in [6.07, 6.45) is 8.58. The molecule has 0 aliphatic heterocycles. The van der Waals surface area contributed by atoms with Gasteiger partial charge >= 0.3 is 34.9 Å². The van der Waals surface area contributed by atoms with Gasteiger partial charge in [0.25, 0.3) is 5.91 Å². The van der Waals surface area contributed by atoms with E-state index in [0.717, 1.165) is 5.56 Å². The molecule has 0 saturated heterocycles. The normalized spacial score (nSPS) is 10.4. The van der Waals surface area contributed by atoms with E-state index in [1.807, 2.05) is 51.1 Å². The number of ether oxygens (including phenoxy) is 1. The minimum absolute atomic E-state index is 0.0226. The summed E-state index contributed by atoms with van der Waals surface area (Å²) in [6.45, 7) is 9.66. The number of nitro groups is 6. The van der Waals surface area contributed by atoms with E-state index in [2.05, 4.69) is 10.3 Å². The number of hydrogen-bond acceptors (Lipinski definition) is 17. The minimum Gasteiger partial charge on any atom is -0.387 e. The molecule has 0 fully saturated rings. The molecule has 30 heteroatoms. The van der Waals surface area contributed by atoms with Crippen molar-refractivity contribution in [3.05, 3.63) is 200 Å². The molecule has 1 aromatic carbocycles. The predicted molar refractivity (Wildman–Crippen MR) is 265 cm³/mol. The van der Waals surface area contributed by atoms with E-state index in [4.69, 9.17) is 9.84 Å². The maximum Gasteiger partial charge on any atom is 0.381 e. The predicted octanol–water partition coefficient (Wildman–Crippen LogP) is 6.26. The van der Waals surface area contributed by atoms with E-state index in [-0.39, 0.29) is 77.1 Å². The van der Waals surface area contributed by atoms with E-state index in [9.17, 15) is 70.6 Å². The van der Waals surface area contributed by atoms with Gasteiger partial charge in [-0.15, -0.1) is 0 Å². The first-order chi connectivity index (χ1) is 35.2. The van der Waals surface area contributed by atoms with Gasteiger partial charge in [0, 0.05) is 50.5 Å². The molecule has 7 rings (SSSR count). The van der Waals surface area contributed by atoms with E-state index in [1.165, 1.54) is 75.9 Å². The van der Waals surface area contributed by atoms with Gasteiger partial charge in [0.1, 0.15) is 31.1 Å². The Balaban J connectivity index is 0.000000306. The summed E-state index contributed by atoms with van der Waals surface area (Å²) in [4.78, 5) is 73.8. The van der Waals surface area contributed by atoms with Crippen LogP contribution in [0.1, 0.15) is 32.0 Å². The van der Waals surface area contributed by atoms with Crippen molar-refractivity contribution in [3.8, 4) is 0 Å². The Morgan fingerprint density at radius 2 is 1.12 bits per heavy atom. The number of imidazole rings is 1. The highest BCUT2D eigenvalue weighted by molar-refractivity contribution is 5.75. The topological polar surface area (TPSA) is 380 Å². The van der Waals surface area contributed by atoms with Crippen LogP contribution < -0.4 is 5.32 Å². The number of hydrogen-bond donors (Lipinski definition) is 3. The highest BCUT2D eigenvalue weighted by atomic mass is 16.6. The van der Waals surface area contributed by atoms with E-state index in [0.29, 0.717) is 31.9 Å².